The van der Waals surface area contributed by atoms with Crippen LogP contribution in [-0.2, 0) is 14.0 Å². The van der Waals surface area contributed by atoms with E-state index in [9.17, 15) is 4.79 Å². The lowest BCUT2D eigenvalue weighted by Gasteiger charge is -2.33. The molecule has 3 heterocycles. The zero-order valence-corrected chi connectivity index (χ0v) is 17.5. The predicted octanol–water partition coefficient (Wildman–Crippen LogP) is 2.75. The highest BCUT2D eigenvalue weighted by molar-refractivity contribution is 6.62. The van der Waals surface area contributed by atoms with E-state index < -0.39 is 29.9 Å². The molecule has 0 unspecified atom stereocenters. The van der Waals surface area contributed by atoms with Crippen LogP contribution in [0.25, 0.3) is 0 Å². The molecule has 0 aromatic carbocycles. The fourth-order valence-corrected chi connectivity index (χ4v) is 3.11. The second-order valence-corrected chi connectivity index (χ2v) is 9.34. The van der Waals surface area contributed by atoms with Crippen molar-refractivity contribution in [2.45, 2.75) is 84.1 Å². The third-order valence-corrected chi connectivity index (χ3v) is 5.44. The van der Waals surface area contributed by atoms with Gasteiger partial charge in [-0.15, -0.1) is 0 Å². The van der Waals surface area contributed by atoms with Crippen LogP contribution in [0.4, 0.5) is 4.79 Å². The topological polar surface area (TPSA) is 65.8 Å². The maximum atomic E-state index is 12.2. The number of rotatable bonds is 2. The summed E-state index contributed by atoms with van der Waals surface area (Å²) in [5.74, 6) is 0. The summed E-state index contributed by atoms with van der Waals surface area (Å²) < 4.78 is 28.1. The van der Waals surface area contributed by atoms with Gasteiger partial charge in [-0.3, -0.25) is 4.68 Å². The summed E-state index contributed by atoms with van der Waals surface area (Å²) in [6, 6.07) is -0.902. The lowest BCUT2D eigenvalue weighted by molar-refractivity contribution is 0.00578. The Bertz CT molecular complexity index is 720. The van der Waals surface area contributed by atoms with Gasteiger partial charge in [-0.25, -0.2) is 4.79 Å². The second kappa shape index (κ2) is 6.81. The normalized spacial score (nSPS) is 24.6. The van der Waals surface area contributed by atoms with E-state index in [0.717, 1.165) is 5.46 Å². The van der Waals surface area contributed by atoms with Gasteiger partial charge in [-0.05, 0) is 61.3 Å². The Kier molecular flexibility index (Phi) is 4.75. The third-order valence-electron chi connectivity index (χ3n) is 5.44. The van der Waals surface area contributed by atoms with E-state index in [-0.39, 0.29) is 6.09 Å². The number of carbonyl (C=O) groups excluding carboxylic acids is 1. The summed E-state index contributed by atoms with van der Waals surface area (Å²) in [6.07, 6.45) is 4.18. The minimum absolute atomic E-state index is 0.326. The fraction of sp³-hybridized carbons (Fsp3) is 0.789. The summed E-state index contributed by atoms with van der Waals surface area (Å²) in [6.45, 7) is 14.5. The molecule has 1 aromatic rings. The maximum Gasteiger partial charge on any atom is 0.498 e. The average Bonchev–Trinajstić information content (AvgIpc) is 3.10. The SMILES string of the molecule is [2H]C1(n2cc(B3OC(C)(C)C(C)(C)O3)cn2)CCN(C(=O)OC(C)(C)C)CC1. The number of piperidine rings is 1. The van der Waals surface area contributed by atoms with Crippen LogP contribution >= 0.6 is 0 Å². The molecule has 2 saturated heterocycles. The smallest absolute Gasteiger partial charge is 0.444 e. The van der Waals surface area contributed by atoms with Gasteiger partial charge in [0.25, 0.3) is 0 Å². The van der Waals surface area contributed by atoms with Gasteiger partial charge in [0, 0.05) is 30.9 Å². The summed E-state index contributed by atoms with van der Waals surface area (Å²) >= 11 is 0. The average molecular weight is 378 g/mol. The lowest BCUT2D eigenvalue weighted by atomic mass is 9.82. The van der Waals surface area contributed by atoms with Crippen LogP contribution in [0.1, 0.15) is 68.7 Å². The van der Waals surface area contributed by atoms with E-state index in [1.54, 1.807) is 15.8 Å². The van der Waals surface area contributed by atoms with Crippen molar-refractivity contribution in [1.82, 2.24) is 14.7 Å². The highest BCUT2D eigenvalue weighted by atomic mass is 16.7. The first-order valence-electron chi connectivity index (χ1n) is 10.1. The number of ether oxygens (including phenoxy) is 1. The van der Waals surface area contributed by atoms with Gasteiger partial charge in [-0.2, -0.15) is 5.10 Å². The number of likely N-dealkylation sites (tertiary alicyclic amines) is 1. The van der Waals surface area contributed by atoms with Crippen molar-refractivity contribution >= 4 is 18.7 Å². The molecule has 0 N–H and O–H groups in total. The second-order valence-electron chi connectivity index (χ2n) is 9.34. The number of carbonyl (C=O) groups is 1. The molecule has 2 aliphatic rings. The first-order valence-corrected chi connectivity index (χ1v) is 9.61. The van der Waals surface area contributed by atoms with Crippen molar-refractivity contribution in [3.63, 3.8) is 0 Å². The van der Waals surface area contributed by atoms with Crippen molar-refractivity contribution in [2.75, 3.05) is 13.1 Å². The minimum atomic E-state index is -0.902. The largest absolute Gasteiger partial charge is 0.498 e. The van der Waals surface area contributed by atoms with Crippen molar-refractivity contribution in [2.24, 2.45) is 0 Å². The maximum absolute atomic E-state index is 12.2. The van der Waals surface area contributed by atoms with Gasteiger partial charge < -0.3 is 18.9 Å². The Balaban J connectivity index is 1.65. The molecule has 2 fully saturated rings. The van der Waals surface area contributed by atoms with E-state index in [4.69, 9.17) is 15.4 Å². The van der Waals surface area contributed by atoms with E-state index in [2.05, 4.69) is 5.10 Å². The zero-order chi connectivity index (χ0) is 21.0. The molecule has 0 bridgehead atoms. The predicted molar refractivity (Wildman–Crippen MR) is 104 cm³/mol. The molecule has 0 spiro atoms. The van der Waals surface area contributed by atoms with Gasteiger partial charge in [-0.1, -0.05) is 0 Å². The Labute approximate surface area is 163 Å². The Morgan fingerprint density at radius 3 is 2.33 bits per heavy atom. The highest BCUT2D eigenvalue weighted by Crippen LogP contribution is 2.36. The minimum Gasteiger partial charge on any atom is -0.444 e. The van der Waals surface area contributed by atoms with E-state index in [1.807, 2.05) is 54.7 Å². The lowest BCUT2D eigenvalue weighted by Crippen LogP contribution is -2.42. The van der Waals surface area contributed by atoms with Gasteiger partial charge in [0.1, 0.15) is 5.60 Å². The van der Waals surface area contributed by atoms with Gasteiger partial charge in [0.05, 0.1) is 18.6 Å². The van der Waals surface area contributed by atoms with Crippen LogP contribution in [0.2, 0.25) is 0 Å². The number of nitrogens with zero attached hydrogens (tertiary/aromatic N) is 3. The van der Waals surface area contributed by atoms with Gasteiger partial charge in [0.15, 0.2) is 0 Å². The molecule has 8 heteroatoms. The Hall–Kier alpha value is -1.54. The number of aromatic nitrogens is 2. The third kappa shape index (κ3) is 4.32. The molecule has 3 rings (SSSR count). The van der Waals surface area contributed by atoms with Crippen LogP contribution in [0.3, 0.4) is 0 Å². The zero-order valence-electron chi connectivity index (χ0n) is 18.5. The molecule has 1 amide bonds. The highest BCUT2D eigenvalue weighted by Gasteiger charge is 2.52. The fourth-order valence-electron chi connectivity index (χ4n) is 3.11. The summed E-state index contributed by atoms with van der Waals surface area (Å²) in [4.78, 5) is 13.9. The quantitative estimate of drug-likeness (QED) is 0.741. The molecular formula is C19H32BN3O4. The van der Waals surface area contributed by atoms with Crippen molar-refractivity contribution < 1.29 is 20.2 Å². The van der Waals surface area contributed by atoms with Crippen molar-refractivity contribution in [3.05, 3.63) is 12.4 Å². The van der Waals surface area contributed by atoms with Crippen molar-refractivity contribution in [3.8, 4) is 0 Å². The number of hydrogen-bond donors (Lipinski definition) is 0. The number of hydrogen-bond acceptors (Lipinski definition) is 5. The molecule has 1 aromatic heterocycles. The van der Waals surface area contributed by atoms with Crippen LogP contribution in [-0.4, -0.2) is 57.8 Å². The van der Waals surface area contributed by atoms with Crippen molar-refractivity contribution in [1.29, 1.82) is 0 Å². The molecule has 27 heavy (non-hydrogen) atoms. The van der Waals surface area contributed by atoms with Crippen LogP contribution < -0.4 is 5.46 Å². The molecule has 0 radical (unpaired) electrons. The molecule has 150 valence electrons. The molecule has 0 atom stereocenters. The molecule has 0 saturated carbocycles. The molecular weight excluding hydrogens is 345 g/mol. The Morgan fingerprint density at radius 2 is 1.81 bits per heavy atom. The summed E-state index contributed by atoms with van der Waals surface area (Å²) in [5, 5.41) is 4.42. The van der Waals surface area contributed by atoms with E-state index in [1.165, 1.54) is 0 Å². The molecule has 2 aliphatic heterocycles. The molecule has 7 nitrogen and oxygen atoms in total. The number of amides is 1. The Morgan fingerprint density at radius 1 is 1.26 bits per heavy atom. The van der Waals surface area contributed by atoms with Crippen LogP contribution in [0.15, 0.2) is 12.4 Å². The first-order chi connectivity index (χ1) is 12.7. The van der Waals surface area contributed by atoms with E-state index in [0.29, 0.717) is 25.9 Å². The summed E-state index contributed by atoms with van der Waals surface area (Å²) in [7, 11) is -0.496. The standard InChI is InChI=1S/C19H32BN3O4/c1-17(2,3)25-16(24)22-10-8-15(9-11-22)23-13-14(12-21-23)20-26-18(4,5)19(6,7)27-20/h12-13,15H,8-11H2,1-7H3/i15D. The van der Waals surface area contributed by atoms with Gasteiger partial charge >= 0.3 is 13.2 Å². The van der Waals surface area contributed by atoms with Crippen LogP contribution in [0.5, 0.6) is 0 Å². The first kappa shape index (κ1) is 18.8. The van der Waals surface area contributed by atoms with Gasteiger partial charge in [0.2, 0.25) is 0 Å². The monoisotopic (exact) mass is 378 g/mol. The van der Waals surface area contributed by atoms with Crippen LogP contribution in [0, 0.1) is 0 Å². The van der Waals surface area contributed by atoms with E-state index >= 15 is 0 Å². The summed E-state index contributed by atoms with van der Waals surface area (Å²) in [5.41, 5.74) is -0.555. The molecule has 0 aliphatic carbocycles.